The predicted molar refractivity (Wildman–Crippen MR) is 78.6 cm³/mol. The maximum absolute atomic E-state index is 10.7. The van der Waals surface area contributed by atoms with Crippen molar-refractivity contribution in [3.05, 3.63) is 12.3 Å². The standard InChI is InChI=1S/C15H24O10/c1-14(21)4-7(17)15(22)2-3-23-13(11(14)15)25-12-10(20)9(19)8(18)6(5-16)24-12/h2-3,6-13,16-22H,4-5H2,1H3/t6-,7+,8-,9+,10-,11?,12+,13+,14+,15+/m1/s1. The molecular weight excluding hydrogens is 340 g/mol. The van der Waals surface area contributed by atoms with Gasteiger partial charge in [0.2, 0.25) is 6.29 Å². The second-order valence-electron chi connectivity index (χ2n) is 7.08. The number of ether oxygens (including phenoxy) is 3. The van der Waals surface area contributed by atoms with E-state index in [1.165, 1.54) is 13.0 Å². The summed E-state index contributed by atoms with van der Waals surface area (Å²) in [5.74, 6) is -1.10. The lowest BCUT2D eigenvalue weighted by Gasteiger charge is -2.45. The third-order valence-corrected chi connectivity index (χ3v) is 5.25. The lowest BCUT2D eigenvalue weighted by Crippen LogP contribution is -2.61. The first-order valence-corrected chi connectivity index (χ1v) is 8.04. The number of aliphatic hydroxyl groups is 7. The van der Waals surface area contributed by atoms with Crippen molar-refractivity contribution in [1.82, 2.24) is 0 Å². The summed E-state index contributed by atoms with van der Waals surface area (Å²) >= 11 is 0. The molecule has 10 atom stereocenters. The van der Waals surface area contributed by atoms with Crippen LogP contribution in [0.4, 0.5) is 0 Å². The molecule has 1 saturated carbocycles. The molecule has 3 rings (SSSR count). The Morgan fingerprint density at radius 2 is 1.76 bits per heavy atom. The van der Waals surface area contributed by atoms with E-state index in [2.05, 4.69) is 0 Å². The van der Waals surface area contributed by atoms with E-state index in [0.29, 0.717) is 0 Å². The number of hydrogen-bond acceptors (Lipinski definition) is 10. The minimum absolute atomic E-state index is 0.129. The first kappa shape index (κ1) is 19.0. The molecule has 1 aliphatic carbocycles. The van der Waals surface area contributed by atoms with Gasteiger partial charge in [-0.3, -0.25) is 0 Å². The van der Waals surface area contributed by atoms with Crippen LogP contribution in [0.2, 0.25) is 0 Å². The summed E-state index contributed by atoms with van der Waals surface area (Å²) in [6.07, 6.45) is -7.87. The molecule has 10 nitrogen and oxygen atoms in total. The normalized spacial score (nSPS) is 55.7. The van der Waals surface area contributed by atoms with Gasteiger partial charge in [0.05, 0.1) is 30.5 Å². The maximum atomic E-state index is 10.7. The Balaban J connectivity index is 1.81. The van der Waals surface area contributed by atoms with Gasteiger partial charge < -0.3 is 50.0 Å². The Labute approximate surface area is 143 Å². The van der Waals surface area contributed by atoms with Crippen molar-refractivity contribution < 1.29 is 50.0 Å². The highest BCUT2D eigenvalue weighted by atomic mass is 16.8. The molecule has 0 radical (unpaired) electrons. The molecule has 10 heteroatoms. The van der Waals surface area contributed by atoms with E-state index in [1.807, 2.05) is 0 Å². The molecule has 2 fully saturated rings. The van der Waals surface area contributed by atoms with E-state index in [0.717, 1.165) is 6.26 Å². The van der Waals surface area contributed by atoms with Gasteiger partial charge >= 0.3 is 0 Å². The summed E-state index contributed by atoms with van der Waals surface area (Å²) in [5.41, 5.74) is -3.35. The number of rotatable bonds is 3. The van der Waals surface area contributed by atoms with E-state index >= 15 is 0 Å². The summed E-state index contributed by atoms with van der Waals surface area (Å²) in [5, 5.41) is 70.2. The fourth-order valence-electron chi connectivity index (χ4n) is 3.84. The summed E-state index contributed by atoms with van der Waals surface area (Å²) in [4.78, 5) is 0. The molecule has 3 aliphatic rings. The van der Waals surface area contributed by atoms with Gasteiger partial charge in [-0.25, -0.2) is 0 Å². The molecule has 0 aromatic heterocycles. The third-order valence-electron chi connectivity index (χ3n) is 5.25. The molecule has 0 aromatic carbocycles. The molecule has 1 saturated heterocycles. The monoisotopic (exact) mass is 364 g/mol. The molecule has 0 spiro atoms. The van der Waals surface area contributed by atoms with Gasteiger partial charge in [0.25, 0.3) is 0 Å². The smallest absolute Gasteiger partial charge is 0.210 e. The van der Waals surface area contributed by atoms with Crippen LogP contribution in [-0.4, -0.2) is 96.7 Å². The van der Waals surface area contributed by atoms with Crippen molar-refractivity contribution in [3.8, 4) is 0 Å². The fraction of sp³-hybridized carbons (Fsp3) is 0.867. The number of fused-ring (bicyclic) bond motifs is 1. The van der Waals surface area contributed by atoms with Crippen molar-refractivity contribution in [2.24, 2.45) is 5.92 Å². The Morgan fingerprint density at radius 3 is 2.40 bits per heavy atom. The predicted octanol–water partition coefficient (Wildman–Crippen LogP) is -3.46. The SMILES string of the molecule is C[C@]1(O)C[C@H](O)[C@@]2(O)C=CO[C@@H](O[C@@H]3O[C@H](CO)[C@@H](O)[C@H](O)[C@H]3O)C12. The van der Waals surface area contributed by atoms with E-state index < -0.39 is 66.8 Å². The summed E-state index contributed by atoms with van der Waals surface area (Å²) < 4.78 is 16.0. The zero-order valence-electron chi connectivity index (χ0n) is 13.5. The molecule has 2 heterocycles. The van der Waals surface area contributed by atoms with Gasteiger partial charge in [-0.2, -0.15) is 0 Å². The van der Waals surface area contributed by atoms with Gasteiger partial charge in [0, 0.05) is 6.42 Å². The van der Waals surface area contributed by atoms with Crippen molar-refractivity contribution in [2.75, 3.05) is 6.61 Å². The lowest BCUT2D eigenvalue weighted by atomic mass is 9.81. The quantitative estimate of drug-likeness (QED) is 0.267. The van der Waals surface area contributed by atoms with Gasteiger partial charge in [-0.1, -0.05) is 0 Å². The molecule has 2 aliphatic heterocycles. The van der Waals surface area contributed by atoms with Crippen LogP contribution in [-0.2, 0) is 14.2 Å². The minimum Gasteiger partial charge on any atom is -0.472 e. The summed E-state index contributed by atoms with van der Waals surface area (Å²) in [6.45, 7) is 0.783. The fourth-order valence-corrected chi connectivity index (χ4v) is 3.84. The molecule has 0 amide bonds. The summed E-state index contributed by atoms with van der Waals surface area (Å²) in [6, 6.07) is 0. The minimum atomic E-state index is -1.81. The maximum Gasteiger partial charge on any atom is 0.210 e. The van der Waals surface area contributed by atoms with E-state index in [4.69, 9.17) is 14.2 Å². The topological polar surface area (TPSA) is 169 Å². The van der Waals surface area contributed by atoms with Gasteiger partial charge in [0.15, 0.2) is 6.29 Å². The van der Waals surface area contributed by atoms with Crippen LogP contribution in [0.25, 0.3) is 0 Å². The third kappa shape index (κ3) is 2.97. The van der Waals surface area contributed by atoms with Crippen LogP contribution in [0.15, 0.2) is 12.3 Å². The van der Waals surface area contributed by atoms with Crippen molar-refractivity contribution in [1.29, 1.82) is 0 Å². The molecule has 0 bridgehead atoms. The molecule has 144 valence electrons. The Hall–Kier alpha value is -0.820. The Kier molecular flexibility index (Phi) is 4.86. The highest BCUT2D eigenvalue weighted by molar-refractivity contribution is 5.21. The Morgan fingerprint density at radius 1 is 1.08 bits per heavy atom. The first-order valence-electron chi connectivity index (χ1n) is 8.04. The van der Waals surface area contributed by atoms with Crippen molar-refractivity contribution in [3.63, 3.8) is 0 Å². The van der Waals surface area contributed by atoms with Gasteiger partial charge in [-0.15, -0.1) is 0 Å². The highest BCUT2D eigenvalue weighted by Gasteiger charge is 2.64. The van der Waals surface area contributed by atoms with Gasteiger partial charge in [0.1, 0.15) is 30.0 Å². The average Bonchev–Trinajstić information content (AvgIpc) is 2.73. The zero-order valence-corrected chi connectivity index (χ0v) is 13.5. The van der Waals surface area contributed by atoms with Crippen molar-refractivity contribution >= 4 is 0 Å². The van der Waals surface area contributed by atoms with E-state index in [1.54, 1.807) is 0 Å². The molecule has 7 N–H and O–H groups in total. The molecule has 1 unspecified atom stereocenters. The average molecular weight is 364 g/mol. The van der Waals surface area contributed by atoms with Crippen LogP contribution in [0.5, 0.6) is 0 Å². The molecule has 0 aromatic rings. The number of aliphatic hydroxyl groups excluding tert-OH is 5. The summed E-state index contributed by atoms with van der Waals surface area (Å²) in [7, 11) is 0. The number of hydrogen-bond donors (Lipinski definition) is 7. The second kappa shape index (κ2) is 6.41. The highest BCUT2D eigenvalue weighted by Crippen LogP contribution is 2.49. The van der Waals surface area contributed by atoms with Crippen molar-refractivity contribution in [2.45, 2.75) is 67.6 Å². The van der Waals surface area contributed by atoms with Gasteiger partial charge in [-0.05, 0) is 13.0 Å². The molecule has 25 heavy (non-hydrogen) atoms. The van der Waals surface area contributed by atoms with Crippen LogP contribution in [0.1, 0.15) is 13.3 Å². The van der Waals surface area contributed by atoms with E-state index in [-0.39, 0.29) is 6.42 Å². The van der Waals surface area contributed by atoms with Crippen LogP contribution in [0.3, 0.4) is 0 Å². The van der Waals surface area contributed by atoms with Crippen LogP contribution in [0, 0.1) is 5.92 Å². The molecular formula is C15H24O10. The van der Waals surface area contributed by atoms with Crippen LogP contribution < -0.4 is 0 Å². The van der Waals surface area contributed by atoms with Crippen LogP contribution >= 0.6 is 0 Å². The first-order chi connectivity index (χ1) is 11.6. The second-order valence-corrected chi connectivity index (χ2v) is 7.08. The zero-order chi connectivity index (χ0) is 18.6. The van der Waals surface area contributed by atoms with E-state index in [9.17, 15) is 35.7 Å². The Bertz CT molecular complexity index is 522. The lowest BCUT2D eigenvalue weighted by molar-refractivity contribution is -0.351. The largest absolute Gasteiger partial charge is 0.472 e.